The quantitative estimate of drug-likeness (QED) is 0.671. The van der Waals surface area contributed by atoms with Crippen LogP contribution in [0.15, 0.2) is 42.5 Å². The first-order valence-electron chi connectivity index (χ1n) is 8.90. The van der Waals surface area contributed by atoms with Gasteiger partial charge in [-0.25, -0.2) is 0 Å². The van der Waals surface area contributed by atoms with Crippen LogP contribution in [0.4, 0.5) is 11.4 Å². The van der Waals surface area contributed by atoms with E-state index in [9.17, 15) is 9.59 Å². The van der Waals surface area contributed by atoms with E-state index in [0.29, 0.717) is 29.1 Å². The highest BCUT2D eigenvalue weighted by atomic mass is 16.5. The standard InChI is InChI=1S/C21H26N2O3/c1-4-5-7-12-20(24)22-18-13-15(2)17(14-19(18)26-3)23-21(25)16-10-8-6-9-11-16/h6,8-11,13-14H,4-5,7,12H2,1-3H3,(H,22,24)(H,23,25). The Morgan fingerprint density at radius 2 is 1.73 bits per heavy atom. The van der Waals surface area contributed by atoms with Crippen molar-refractivity contribution in [2.75, 3.05) is 17.7 Å². The smallest absolute Gasteiger partial charge is 0.255 e. The molecule has 0 saturated carbocycles. The number of hydrogen-bond donors (Lipinski definition) is 2. The number of carbonyl (C=O) groups is 2. The molecule has 0 aromatic heterocycles. The molecule has 2 N–H and O–H groups in total. The first-order chi connectivity index (χ1) is 12.5. The summed E-state index contributed by atoms with van der Waals surface area (Å²) in [5.74, 6) is 0.298. The maximum absolute atomic E-state index is 12.4. The van der Waals surface area contributed by atoms with E-state index in [4.69, 9.17) is 4.74 Å². The number of anilines is 2. The molecule has 2 aromatic carbocycles. The van der Waals surface area contributed by atoms with Gasteiger partial charge in [-0.05, 0) is 37.1 Å². The summed E-state index contributed by atoms with van der Waals surface area (Å²) in [5.41, 5.74) is 2.70. The van der Waals surface area contributed by atoms with Crippen molar-refractivity contribution in [1.29, 1.82) is 0 Å². The summed E-state index contributed by atoms with van der Waals surface area (Å²) in [5, 5.41) is 5.79. The first kappa shape index (κ1) is 19.5. The van der Waals surface area contributed by atoms with Crippen LogP contribution in [0.3, 0.4) is 0 Å². The van der Waals surface area contributed by atoms with Crippen molar-refractivity contribution >= 4 is 23.2 Å². The molecule has 0 aliphatic heterocycles. The molecule has 5 nitrogen and oxygen atoms in total. The zero-order valence-electron chi connectivity index (χ0n) is 15.6. The monoisotopic (exact) mass is 354 g/mol. The van der Waals surface area contributed by atoms with Crippen molar-refractivity contribution < 1.29 is 14.3 Å². The van der Waals surface area contributed by atoms with Crippen molar-refractivity contribution in [1.82, 2.24) is 0 Å². The Bertz CT molecular complexity index is 757. The van der Waals surface area contributed by atoms with Gasteiger partial charge in [-0.1, -0.05) is 38.0 Å². The topological polar surface area (TPSA) is 67.4 Å². The van der Waals surface area contributed by atoms with Gasteiger partial charge in [0.1, 0.15) is 5.75 Å². The summed E-state index contributed by atoms with van der Waals surface area (Å²) in [6.07, 6.45) is 3.47. The minimum absolute atomic E-state index is 0.0304. The molecule has 26 heavy (non-hydrogen) atoms. The molecule has 0 saturated heterocycles. The normalized spacial score (nSPS) is 10.3. The molecule has 0 atom stereocenters. The van der Waals surface area contributed by atoms with Gasteiger partial charge in [-0.2, -0.15) is 0 Å². The maximum atomic E-state index is 12.4. The van der Waals surface area contributed by atoms with Crippen molar-refractivity contribution in [2.45, 2.75) is 39.5 Å². The molecule has 0 bridgehead atoms. The maximum Gasteiger partial charge on any atom is 0.255 e. The van der Waals surface area contributed by atoms with E-state index in [1.807, 2.05) is 31.2 Å². The van der Waals surface area contributed by atoms with Crippen LogP contribution in [-0.4, -0.2) is 18.9 Å². The summed E-state index contributed by atoms with van der Waals surface area (Å²) in [4.78, 5) is 24.4. The Morgan fingerprint density at radius 3 is 2.38 bits per heavy atom. The number of unbranched alkanes of at least 4 members (excludes halogenated alkanes) is 2. The highest BCUT2D eigenvalue weighted by molar-refractivity contribution is 6.05. The number of hydrogen-bond acceptors (Lipinski definition) is 3. The minimum Gasteiger partial charge on any atom is -0.494 e. The predicted molar refractivity (Wildman–Crippen MR) is 105 cm³/mol. The Hall–Kier alpha value is -2.82. The fourth-order valence-corrected chi connectivity index (χ4v) is 2.62. The molecule has 2 rings (SSSR count). The van der Waals surface area contributed by atoms with Crippen LogP contribution >= 0.6 is 0 Å². The lowest BCUT2D eigenvalue weighted by Crippen LogP contribution is -2.15. The van der Waals surface area contributed by atoms with E-state index in [-0.39, 0.29) is 11.8 Å². The van der Waals surface area contributed by atoms with Crippen molar-refractivity contribution in [2.24, 2.45) is 0 Å². The summed E-state index contributed by atoms with van der Waals surface area (Å²) >= 11 is 0. The lowest BCUT2D eigenvalue weighted by atomic mass is 10.1. The molecule has 0 aliphatic carbocycles. The number of rotatable bonds is 8. The Balaban J connectivity index is 2.13. The third-order valence-corrected chi connectivity index (χ3v) is 4.11. The summed E-state index contributed by atoms with van der Waals surface area (Å²) < 4.78 is 5.39. The van der Waals surface area contributed by atoms with Crippen LogP contribution in [0.2, 0.25) is 0 Å². The lowest BCUT2D eigenvalue weighted by Gasteiger charge is -2.15. The second kappa shape index (κ2) is 9.61. The van der Waals surface area contributed by atoms with E-state index in [2.05, 4.69) is 17.6 Å². The summed E-state index contributed by atoms with van der Waals surface area (Å²) in [6.45, 7) is 3.99. The number of amides is 2. The molecule has 0 aliphatic rings. The third-order valence-electron chi connectivity index (χ3n) is 4.11. The van der Waals surface area contributed by atoms with Gasteiger partial charge in [0.15, 0.2) is 0 Å². The van der Waals surface area contributed by atoms with E-state index >= 15 is 0 Å². The third kappa shape index (κ3) is 5.34. The number of aryl methyl sites for hydroxylation is 1. The molecular weight excluding hydrogens is 328 g/mol. The molecule has 2 amide bonds. The van der Waals surface area contributed by atoms with E-state index in [1.54, 1.807) is 25.3 Å². The van der Waals surface area contributed by atoms with Crippen LogP contribution < -0.4 is 15.4 Å². The molecule has 138 valence electrons. The van der Waals surface area contributed by atoms with Gasteiger partial charge >= 0.3 is 0 Å². The second-order valence-corrected chi connectivity index (χ2v) is 6.19. The molecule has 0 radical (unpaired) electrons. The molecule has 0 unspecified atom stereocenters. The number of nitrogens with one attached hydrogen (secondary N) is 2. The van der Waals surface area contributed by atoms with Crippen LogP contribution in [0.1, 0.15) is 48.5 Å². The highest BCUT2D eigenvalue weighted by Crippen LogP contribution is 2.31. The SMILES string of the molecule is CCCCCC(=O)Nc1cc(C)c(NC(=O)c2ccccc2)cc1OC. The van der Waals surface area contributed by atoms with Gasteiger partial charge in [-0.3, -0.25) is 9.59 Å². The molecule has 2 aromatic rings. The van der Waals surface area contributed by atoms with Gasteiger partial charge in [0.05, 0.1) is 12.8 Å². The van der Waals surface area contributed by atoms with Crippen molar-refractivity contribution in [3.05, 3.63) is 53.6 Å². The molecule has 5 heteroatoms. The van der Waals surface area contributed by atoms with Crippen LogP contribution in [-0.2, 0) is 4.79 Å². The van der Waals surface area contributed by atoms with Gasteiger partial charge < -0.3 is 15.4 Å². The predicted octanol–water partition coefficient (Wildman–Crippen LogP) is 4.77. The molecule has 0 fully saturated rings. The molecule has 0 spiro atoms. The Kier molecular flexibility index (Phi) is 7.21. The lowest BCUT2D eigenvalue weighted by molar-refractivity contribution is -0.116. The highest BCUT2D eigenvalue weighted by Gasteiger charge is 2.13. The van der Waals surface area contributed by atoms with Gasteiger partial charge in [-0.15, -0.1) is 0 Å². The van der Waals surface area contributed by atoms with Gasteiger partial charge in [0.25, 0.3) is 5.91 Å². The zero-order chi connectivity index (χ0) is 18.9. The van der Waals surface area contributed by atoms with Crippen molar-refractivity contribution in [3.8, 4) is 5.75 Å². The van der Waals surface area contributed by atoms with Gasteiger partial charge in [0.2, 0.25) is 5.91 Å². The number of ether oxygens (including phenoxy) is 1. The van der Waals surface area contributed by atoms with Crippen molar-refractivity contribution in [3.63, 3.8) is 0 Å². The second-order valence-electron chi connectivity index (χ2n) is 6.19. The first-order valence-corrected chi connectivity index (χ1v) is 8.90. The number of methoxy groups -OCH3 is 1. The van der Waals surface area contributed by atoms with Crippen LogP contribution in [0, 0.1) is 6.92 Å². The Morgan fingerprint density at radius 1 is 1.00 bits per heavy atom. The average molecular weight is 354 g/mol. The summed E-state index contributed by atoms with van der Waals surface area (Å²) in [7, 11) is 1.54. The zero-order valence-corrected chi connectivity index (χ0v) is 15.6. The molecule has 0 heterocycles. The fourth-order valence-electron chi connectivity index (χ4n) is 2.62. The van der Waals surface area contributed by atoms with E-state index < -0.39 is 0 Å². The van der Waals surface area contributed by atoms with E-state index in [0.717, 1.165) is 24.8 Å². The van der Waals surface area contributed by atoms with E-state index in [1.165, 1.54) is 0 Å². The molecular formula is C21H26N2O3. The Labute approximate surface area is 154 Å². The van der Waals surface area contributed by atoms with Crippen LogP contribution in [0.5, 0.6) is 5.75 Å². The van der Waals surface area contributed by atoms with Gasteiger partial charge in [0, 0.05) is 23.7 Å². The number of carbonyl (C=O) groups excluding carboxylic acids is 2. The fraction of sp³-hybridized carbons (Fsp3) is 0.333. The minimum atomic E-state index is -0.188. The van der Waals surface area contributed by atoms with Crippen LogP contribution in [0.25, 0.3) is 0 Å². The summed E-state index contributed by atoms with van der Waals surface area (Å²) in [6, 6.07) is 12.6. The largest absolute Gasteiger partial charge is 0.494 e. The average Bonchev–Trinajstić information content (AvgIpc) is 2.64. The number of benzene rings is 2.